The Hall–Kier alpha value is -1.78. The molecule has 14 heavy (non-hydrogen) atoms. The van der Waals surface area contributed by atoms with E-state index in [0.29, 0.717) is 0 Å². The second-order valence-electron chi connectivity index (χ2n) is 2.76. The van der Waals surface area contributed by atoms with Gasteiger partial charge >= 0.3 is 5.97 Å². The van der Waals surface area contributed by atoms with Gasteiger partial charge in [0, 0.05) is 11.6 Å². The summed E-state index contributed by atoms with van der Waals surface area (Å²) in [6.07, 6.45) is -0.202. The third kappa shape index (κ3) is 2.12. The van der Waals surface area contributed by atoms with Crippen molar-refractivity contribution in [3.05, 3.63) is 23.5 Å². The molecule has 0 unspecified atom stereocenters. The van der Waals surface area contributed by atoms with Crippen LogP contribution >= 0.6 is 0 Å². The van der Waals surface area contributed by atoms with E-state index in [-0.39, 0.29) is 23.4 Å². The molecule has 0 aliphatic carbocycles. The molecule has 0 spiro atoms. The molecule has 0 aliphatic rings. The number of rotatable bonds is 2. The predicted octanol–water partition coefficient (Wildman–Crippen LogP) is 0.829. The van der Waals surface area contributed by atoms with Gasteiger partial charge in [-0.25, -0.2) is 4.39 Å². The van der Waals surface area contributed by atoms with Gasteiger partial charge in [-0.2, -0.15) is 0 Å². The lowest BCUT2D eigenvalue weighted by molar-refractivity contribution is -0.139. The summed E-state index contributed by atoms with van der Waals surface area (Å²) in [5, 5.41) is 9.03. The molecule has 0 atom stereocenters. The number of anilines is 1. The molecule has 0 fully saturated rings. The van der Waals surface area contributed by atoms with Crippen molar-refractivity contribution in [1.29, 1.82) is 0 Å². The van der Waals surface area contributed by atoms with E-state index >= 15 is 0 Å². The van der Waals surface area contributed by atoms with Crippen molar-refractivity contribution in [2.75, 3.05) is 12.8 Å². The Morgan fingerprint density at radius 1 is 1.64 bits per heavy atom. The lowest BCUT2D eigenvalue weighted by Crippen LogP contribution is -2.06. The second kappa shape index (κ2) is 3.95. The van der Waals surface area contributed by atoms with Crippen molar-refractivity contribution in [3.8, 4) is 5.75 Å². The zero-order valence-corrected chi connectivity index (χ0v) is 7.58. The van der Waals surface area contributed by atoms with E-state index in [9.17, 15) is 9.18 Å². The third-order valence-electron chi connectivity index (χ3n) is 1.76. The Balaban J connectivity index is 2.98. The van der Waals surface area contributed by atoms with E-state index in [1.165, 1.54) is 13.2 Å². The number of benzene rings is 1. The fourth-order valence-corrected chi connectivity index (χ4v) is 0.990. The van der Waals surface area contributed by atoms with Gasteiger partial charge in [0.1, 0.15) is 11.6 Å². The normalized spacial score (nSPS) is 9.86. The van der Waals surface area contributed by atoms with Crippen molar-refractivity contribution in [1.82, 2.24) is 0 Å². The molecule has 1 rings (SSSR count). The molecule has 0 amide bonds. The summed E-state index contributed by atoms with van der Waals surface area (Å²) in [6, 6.07) is 2.08. The minimum Gasteiger partial charge on any atom is -0.506 e. The lowest BCUT2D eigenvalue weighted by atomic mass is 10.1. The van der Waals surface area contributed by atoms with Crippen LogP contribution in [0.1, 0.15) is 5.56 Å². The zero-order valence-electron chi connectivity index (χ0n) is 7.58. The average molecular weight is 199 g/mol. The van der Waals surface area contributed by atoms with Crippen LogP contribution in [0, 0.1) is 5.82 Å². The number of phenolic OH excluding ortho intramolecular Hbond substituents is 1. The molecular weight excluding hydrogens is 189 g/mol. The van der Waals surface area contributed by atoms with Gasteiger partial charge in [-0.3, -0.25) is 4.79 Å². The van der Waals surface area contributed by atoms with Crippen LogP contribution in [0.25, 0.3) is 0 Å². The highest BCUT2D eigenvalue weighted by Gasteiger charge is 2.11. The van der Waals surface area contributed by atoms with Crippen LogP contribution in [0.2, 0.25) is 0 Å². The Morgan fingerprint density at radius 3 is 2.86 bits per heavy atom. The summed E-state index contributed by atoms with van der Waals surface area (Å²) >= 11 is 0. The number of hydrogen-bond donors (Lipinski definition) is 2. The first-order valence-corrected chi connectivity index (χ1v) is 3.88. The van der Waals surface area contributed by atoms with E-state index in [2.05, 4.69) is 4.74 Å². The van der Waals surface area contributed by atoms with Crippen LogP contribution in [-0.4, -0.2) is 18.2 Å². The topological polar surface area (TPSA) is 72.5 Å². The number of carbonyl (C=O) groups excluding carboxylic acids is 1. The highest BCUT2D eigenvalue weighted by Crippen LogP contribution is 2.23. The third-order valence-corrected chi connectivity index (χ3v) is 1.76. The van der Waals surface area contributed by atoms with Gasteiger partial charge in [0.2, 0.25) is 0 Å². The van der Waals surface area contributed by atoms with Crippen LogP contribution in [0.15, 0.2) is 12.1 Å². The first kappa shape index (κ1) is 10.3. The number of nitrogen functional groups attached to an aromatic ring is 1. The Kier molecular flexibility index (Phi) is 2.91. The summed E-state index contributed by atoms with van der Waals surface area (Å²) in [4.78, 5) is 10.8. The van der Waals surface area contributed by atoms with Crippen molar-refractivity contribution in [3.63, 3.8) is 0 Å². The summed E-state index contributed by atoms with van der Waals surface area (Å²) < 4.78 is 17.5. The number of phenols is 1. The van der Waals surface area contributed by atoms with E-state index in [1.54, 1.807) is 0 Å². The number of ether oxygens (including phenoxy) is 1. The molecular formula is C9H10FNO3. The zero-order chi connectivity index (χ0) is 10.7. The number of aromatic hydroxyl groups is 1. The number of nitrogens with two attached hydrogens (primary N) is 1. The molecule has 0 heterocycles. The Bertz CT molecular complexity index is 365. The van der Waals surface area contributed by atoms with Gasteiger partial charge < -0.3 is 15.6 Å². The fourth-order valence-electron chi connectivity index (χ4n) is 0.990. The molecule has 0 saturated heterocycles. The number of esters is 1. The number of methoxy groups -OCH3 is 1. The quantitative estimate of drug-likeness (QED) is 0.420. The standard InChI is InChI=1S/C9H10FNO3/c1-14-9(13)3-5-2-7(11)8(12)4-6(5)10/h2,4,12H,3,11H2,1H3. The van der Waals surface area contributed by atoms with Gasteiger partial charge in [-0.15, -0.1) is 0 Å². The monoisotopic (exact) mass is 199 g/mol. The Labute approximate surface area is 80.1 Å². The molecule has 0 saturated carbocycles. The number of carbonyl (C=O) groups is 1. The highest BCUT2D eigenvalue weighted by atomic mass is 19.1. The molecule has 0 aromatic heterocycles. The van der Waals surface area contributed by atoms with Crippen LogP contribution in [0.5, 0.6) is 5.75 Å². The fraction of sp³-hybridized carbons (Fsp3) is 0.222. The van der Waals surface area contributed by atoms with E-state index in [4.69, 9.17) is 10.8 Å². The summed E-state index contributed by atoms with van der Waals surface area (Å²) in [6.45, 7) is 0. The van der Waals surface area contributed by atoms with Crippen molar-refractivity contribution in [2.45, 2.75) is 6.42 Å². The van der Waals surface area contributed by atoms with Crippen molar-refractivity contribution < 1.29 is 19.0 Å². The first-order chi connectivity index (χ1) is 6.54. The predicted molar refractivity (Wildman–Crippen MR) is 48.2 cm³/mol. The molecule has 1 aromatic rings. The summed E-state index contributed by atoms with van der Waals surface area (Å²) in [5.41, 5.74) is 5.47. The molecule has 1 aromatic carbocycles. The number of halogens is 1. The van der Waals surface area contributed by atoms with E-state index in [0.717, 1.165) is 6.07 Å². The molecule has 4 nitrogen and oxygen atoms in total. The van der Waals surface area contributed by atoms with Gasteiger partial charge in [0.15, 0.2) is 0 Å². The second-order valence-corrected chi connectivity index (χ2v) is 2.76. The highest BCUT2D eigenvalue weighted by molar-refractivity contribution is 5.73. The Morgan fingerprint density at radius 2 is 2.29 bits per heavy atom. The molecule has 76 valence electrons. The van der Waals surface area contributed by atoms with Crippen LogP contribution in [0.3, 0.4) is 0 Å². The SMILES string of the molecule is COC(=O)Cc1cc(N)c(O)cc1F. The molecule has 0 aliphatic heterocycles. The molecule has 5 heteroatoms. The smallest absolute Gasteiger partial charge is 0.310 e. The number of hydrogen-bond acceptors (Lipinski definition) is 4. The average Bonchev–Trinajstić information content (AvgIpc) is 2.14. The lowest BCUT2D eigenvalue weighted by Gasteiger charge is -2.04. The van der Waals surface area contributed by atoms with Crippen LogP contribution in [0.4, 0.5) is 10.1 Å². The minimum absolute atomic E-state index is 0.0327. The van der Waals surface area contributed by atoms with Crippen molar-refractivity contribution >= 4 is 11.7 Å². The van der Waals surface area contributed by atoms with Gasteiger partial charge in [-0.1, -0.05) is 0 Å². The van der Waals surface area contributed by atoms with Gasteiger partial charge in [0.05, 0.1) is 19.2 Å². The molecule has 3 N–H and O–H groups in total. The minimum atomic E-state index is -0.679. The van der Waals surface area contributed by atoms with Crippen LogP contribution in [-0.2, 0) is 16.0 Å². The molecule has 0 bridgehead atoms. The van der Waals surface area contributed by atoms with E-state index in [1.807, 2.05) is 0 Å². The largest absolute Gasteiger partial charge is 0.506 e. The summed E-state index contributed by atoms with van der Waals surface area (Å²) in [7, 11) is 1.21. The molecule has 0 radical (unpaired) electrons. The maximum Gasteiger partial charge on any atom is 0.310 e. The maximum absolute atomic E-state index is 13.1. The van der Waals surface area contributed by atoms with Gasteiger partial charge in [-0.05, 0) is 6.07 Å². The van der Waals surface area contributed by atoms with Crippen LogP contribution < -0.4 is 5.73 Å². The van der Waals surface area contributed by atoms with E-state index < -0.39 is 11.8 Å². The maximum atomic E-state index is 13.1. The summed E-state index contributed by atoms with van der Waals surface area (Å²) in [5.74, 6) is -1.58. The first-order valence-electron chi connectivity index (χ1n) is 3.88. The van der Waals surface area contributed by atoms with Crippen molar-refractivity contribution in [2.24, 2.45) is 0 Å². The van der Waals surface area contributed by atoms with Gasteiger partial charge in [0.25, 0.3) is 0 Å².